The van der Waals surface area contributed by atoms with Gasteiger partial charge in [-0.15, -0.1) is 0 Å². The normalized spacial score (nSPS) is 44.0. The molecule has 4 aliphatic heterocycles. The fourth-order valence-corrected chi connectivity index (χ4v) is 8.25. The predicted molar refractivity (Wildman–Crippen MR) is 138 cm³/mol. The summed E-state index contributed by atoms with van der Waals surface area (Å²) in [4.78, 5) is 15.3. The second-order valence-electron chi connectivity index (χ2n) is 12.5. The first-order valence-corrected chi connectivity index (χ1v) is 14.3. The summed E-state index contributed by atoms with van der Waals surface area (Å²) in [5, 5.41) is 0. The zero-order valence-electron chi connectivity index (χ0n) is 21.9. The van der Waals surface area contributed by atoms with Gasteiger partial charge in [-0.25, -0.2) is 9.78 Å². The summed E-state index contributed by atoms with van der Waals surface area (Å²) >= 11 is 0. The molecule has 1 aromatic carbocycles. The molecule has 0 amide bonds. The summed E-state index contributed by atoms with van der Waals surface area (Å²) in [6.07, 6.45) is 11.0. The Morgan fingerprint density at radius 1 is 1.00 bits per heavy atom. The Morgan fingerprint density at radius 2 is 1.80 bits per heavy atom. The lowest BCUT2D eigenvalue weighted by Crippen LogP contribution is -2.69. The molecule has 4 nitrogen and oxygen atoms in total. The molecule has 0 aromatic heterocycles. The van der Waals surface area contributed by atoms with Gasteiger partial charge in [-0.1, -0.05) is 50.3 Å². The highest BCUT2D eigenvalue weighted by Crippen LogP contribution is 2.61. The van der Waals surface area contributed by atoms with Gasteiger partial charge in [0.25, 0.3) is 0 Å². The highest BCUT2D eigenvalue weighted by molar-refractivity contribution is 5.35. The lowest BCUT2D eigenvalue weighted by Gasteiger charge is -2.61. The van der Waals surface area contributed by atoms with E-state index < -0.39 is 0 Å². The number of piperidine rings is 1. The molecule has 0 N–H and O–H groups in total. The van der Waals surface area contributed by atoms with Crippen LogP contribution in [-0.4, -0.2) is 47.4 Å². The number of benzene rings is 1. The third-order valence-electron chi connectivity index (χ3n) is 10.3. The second kappa shape index (κ2) is 9.49. The van der Waals surface area contributed by atoms with Crippen molar-refractivity contribution >= 4 is 0 Å². The smallest absolute Gasteiger partial charge is 0.136 e. The van der Waals surface area contributed by atoms with Crippen LogP contribution in [0, 0.1) is 35.5 Å². The molecule has 0 radical (unpaired) electrons. The van der Waals surface area contributed by atoms with Gasteiger partial charge in [0.1, 0.15) is 11.2 Å². The number of nitrogens with zero attached hydrogens (tertiary/aromatic N) is 1. The molecule has 6 aliphatic rings. The Balaban J connectivity index is 1.29. The van der Waals surface area contributed by atoms with Gasteiger partial charge in [-0.05, 0) is 94.3 Å². The van der Waals surface area contributed by atoms with Crippen LogP contribution in [0.3, 0.4) is 0 Å². The maximum absolute atomic E-state index is 7.13. The van der Waals surface area contributed by atoms with E-state index in [-0.39, 0.29) is 29.5 Å². The van der Waals surface area contributed by atoms with Gasteiger partial charge in [0, 0.05) is 18.4 Å². The summed E-state index contributed by atoms with van der Waals surface area (Å²) in [6.45, 7) is 9.39. The van der Waals surface area contributed by atoms with Gasteiger partial charge in [0.15, 0.2) is 0 Å². The van der Waals surface area contributed by atoms with Crippen LogP contribution in [0.2, 0.25) is 0 Å². The highest BCUT2D eigenvalue weighted by atomic mass is 17.2. The van der Waals surface area contributed by atoms with Gasteiger partial charge in [-0.2, -0.15) is 0 Å². The molecular formula is C31H43NO3. The molecule has 4 heterocycles. The van der Waals surface area contributed by atoms with Crippen molar-refractivity contribution in [2.24, 2.45) is 23.7 Å². The maximum atomic E-state index is 7.13. The van der Waals surface area contributed by atoms with Crippen molar-refractivity contribution in [1.29, 1.82) is 0 Å². The van der Waals surface area contributed by atoms with Gasteiger partial charge >= 0.3 is 0 Å². The Hall–Kier alpha value is -1.38. The van der Waals surface area contributed by atoms with E-state index in [1.807, 2.05) is 0 Å². The Kier molecular flexibility index (Phi) is 6.50. The number of ether oxygens (including phenoxy) is 1. The van der Waals surface area contributed by atoms with Crippen LogP contribution in [-0.2, 0) is 14.5 Å². The van der Waals surface area contributed by atoms with Crippen LogP contribution in [0.4, 0.5) is 0 Å². The zero-order chi connectivity index (χ0) is 24.0. The van der Waals surface area contributed by atoms with Crippen LogP contribution in [0.15, 0.2) is 30.3 Å². The van der Waals surface area contributed by atoms with E-state index in [2.05, 4.69) is 67.8 Å². The van der Waals surface area contributed by atoms with Gasteiger partial charge in [-0.3, -0.25) is 4.90 Å². The molecule has 4 heteroatoms. The molecular weight excluding hydrogens is 434 g/mol. The van der Waals surface area contributed by atoms with Crippen molar-refractivity contribution in [3.05, 3.63) is 35.9 Å². The summed E-state index contributed by atoms with van der Waals surface area (Å²) in [6, 6.07) is 10.7. The largest absolute Gasteiger partial charge is 0.371 e. The Labute approximate surface area is 212 Å². The van der Waals surface area contributed by atoms with Gasteiger partial charge < -0.3 is 4.74 Å². The number of rotatable bonds is 3. The van der Waals surface area contributed by atoms with E-state index in [9.17, 15) is 0 Å². The SMILES string of the molecule is C[C@H]1[C@@H](C[C@H](C#Cc2ccccc2)N2CCCCC2)O[C@@H]2C[C@]3(C)CC[C@H]4[C@H](C)CC[C@@H]1[C@@]24OO3. The molecule has 6 fully saturated rings. The van der Waals surface area contributed by atoms with E-state index in [0.29, 0.717) is 23.7 Å². The average molecular weight is 478 g/mol. The summed E-state index contributed by atoms with van der Waals surface area (Å²) in [5.41, 5.74) is 0.622. The minimum atomic E-state index is -0.264. The van der Waals surface area contributed by atoms with Crippen molar-refractivity contribution in [3.8, 4) is 11.8 Å². The van der Waals surface area contributed by atoms with E-state index in [1.54, 1.807) is 0 Å². The molecule has 190 valence electrons. The standard InChI is InChI=1S/C31H43NO3/c1-22-12-15-27-23(2)28(33-29-21-30(3)17-16-26(22)31(27,29)35-34-30)20-25(32-18-8-5-9-19-32)14-13-24-10-6-4-7-11-24/h4,6-7,10-11,22-23,25-29H,5,8-9,12,15-21H2,1-3H3/t22-,23-,25+,26+,27+,28-,29-,30+,31-/m1/s1. The molecule has 35 heavy (non-hydrogen) atoms. The molecule has 9 atom stereocenters. The van der Waals surface area contributed by atoms with E-state index in [4.69, 9.17) is 14.5 Å². The van der Waals surface area contributed by atoms with Crippen LogP contribution < -0.4 is 0 Å². The zero-order valence-corrected chi connectivity index (χ0v) is 21.9. The number of hydrogen-bond donors (Lipinski definition) is 0. The lowest BCUT2D eigenvalue weighted by atomic mass is 9.55. The average Bonchev–Trinajstić information content (AvgIpc) is 3.11. The first kappa shape index (κ1) is 24.0. The molecule has 4 saturated heterocycles. The van der Waals surface area contributed by atoms with Crippen molar-refractivity contribution in [3.63, 3.8) is 0 Å². The Morgan fingerprint density at radius 3 is 2.60 bits per heavy atom. The summed E-state index contributed by atoms with van der Waals surface area (Å²) in [5.74, 6) is 9.35. The highest BCUT2D eigenvalue weighted by Gasteiger charge is 2.68. The maximum Gasteiger partial charge on any atom is 0.136 e. The van der Waals surface area contributed by atoms with Crippen molar-refractivity contribution < 1.29 is 14.5 Å². The topological polar surface area (TPSA) is 30.9 Å². The van der Waals surface area contributed by atoms with E-state index >= 15 is 0 Å². The first-order chi connectivity index (χ1) is 17.0. The molecule has 0 unspecified atom stereocenters. The second-order valence-corrected chi connectivity index (χ2v) is 12.5. The lowest BCUT2D eigenvalue weighted by molar-refractivity contribution is -0.487. The summed E-state index contributed by atoms with van der Waals surface area (Å²) in [7, 11) is 0. The first-order valence-electron chi connectivity index (χ1n) is 14.3. The fraction of sp³-hybridized carbons (Fsp3) is 0.742. The minimum absolute atomic E-state index is 0.131. The van der Waals surface area contributed by atoms with E-state index in [1.165, 1.54) is 38.5 Å². The van der Waals surface area contributed by atoms with Crippen LogP contribution in [0.25, 0.3) is 0 Å². The fourth-order valence-electron chi connectivity index (χ4n) is 8.25. The molecule has 2 saturated carbocycles. The van der Waals surface area contributed by atoms with Gasteiger partial charge in [0.2, 0.25) is 0 Å². The predicted octanol–water partition coefficient (Wildman–Crippen LogP) is 5.99. The quantitative estimate of drug-likeness (QED) is 0.395. The van der Waals surface area contributed by atoms with E-state index in [0.717, 1.165) is 37.9 Å². The molecule has 7 rings (SSSR count). The molecule has 2 aliphatic carbocycles. The number of fused-ring (bicyclic) bond motifs is 2. The van der Waals surface area contributed by atoms with Crippen molar-refractivity contribution in [2.45, 2.75) is 108 Å². The molecule has 2 bridgehead atoms. The van der Waals surface area contributed by atoms with Gasteiger partial charge in [0.05, 0.1) is 18.2 Å². The Bertz CT molecular complexity index is 949. The number of likely N-dealkylation sites (tertiary alicyclic amines) is 1. The third kappa shape index (κ3) is 4.27. The van der Waals surface area contributed by atoms with Crippen LogP contribution >= 0.6 is 0 Å². The molecule has 1 aromatic rings. The van der Waals surface area contributed by atoms with Crippen LogP contribution in [0.1, 0.15) is 84.1 Å². The molecule has 1 spiro atoms. The van der Waals surface area contributed by atoms with Crippen molar-refractivity contribution in [1.82, 2.24) is 4.90 Å². The van der Waals surface area contributed by atoms with Crippen LogP contribution in [0.5, 0.6) is 0 Å². The third-order valence-corrected chi connectivity index (χ3v) is 10.3. The summed E-state index contributed by atoms with van der Waals surface area (Å²) < 4.78 is 7.13. The van der Waals surface area contributed by atoms with Crippen molar-refractivity contribution in [2.75, 3.05) is 13.1 Å². The minimum Gasteiger partial charge on any atom is -0.371 e. The monoisotopic (exact) mass is 477 g/mol. The number of hydrogen-bond acceptors (Lipinski definition) is 4.